The number of sulfonamides is 1. The summed E-state index contributed by atoms with van der Waals surface area (Å²) in [6.07, 6.45) is 2.39. The minimum absolute atomic E-state index is 0.327. The number of carbonyl (C=O) groups excluding carboxylic acids is 2. The average Bonchev–Trinajstić information content (AvgIpc) is 2.66. The lowest BCUT2D eigenvalue weighted by Gasteiger charge is -2.21. The molecule has 0 saturated carbocycles. The summed E-state index contributed by atoms with van der Waals surface area (Å²) >= 11 is 0. The zero-order chi connectivity index (χ0) is 21.4. The molecular formula is C19H21N3O6S. The summed E-state index contributed by atoms with van der Waals surface area (Å²) in [4.78, 5) is 23.0. The Bertz CT molecular complexity index is 986. The standard InChI is InChI=1S/C19H21N3O6S/c1-14(23)28-18-8-4-15(5-9-18)12-20-21-19(24)13-22(29(3,25)26)16-6-10-17(27-2)11-7-16/h4-12H,13H2,1-3H3,(H,21,24)/b20-12-. The number of nitrogens with zero attached hydrogens (tertiary/aromatic N) is 2. The van der Waals surface area contributed by atoms with Crippen molar-refractivity contribution < 1.29 is 27.5 Å². The van der Waals surface area contributed by atoms with E-state index in [0.29, 0.717) is 22.7 Å². The third-order valence-corrected chi connectivity index (χ3v) is 4.73. The molecule has 0 atom stereocenters. The molecule has 0 aromatic heterocycles. The number of rotatable bonds is 8. The monoisotopic (exact) mass is 419 g/mol. The van der Waals surface area contributed by atoms with E-state index in [1.807, 2.05) is 0 Å². The molecule has 0 spiro atoms. The van der Waals surface area contributed by atoms with Gasteiger partial charge in [0.1, 0.15) is 18.0 Å². The second-order valence-corrected chi connectivity index (χ2v) is 7.83. The second kappa shape index (κ2) is 9.69. The van der Waals surface area contributed by atoms with Crippen molar-refractivity contribution in [2.45, 2.75) is 6.92 Å². The molecule has 0 radical (unpaired) electrons. The Balaban J connectivity index is 2.00. The first-order chi connectivity index (χ1) is 13.7. The van der Waals surface area contributed by atoms with Crippen molar-refractivity contribution in [3.63, 3.8) is 0 Å². The Kier molecular flexibility index (Phi) is 7.32. The number of methoxy groups -OCH3 is 1. The molecule has 2 aromatic carbocycles. The van der Waals surface area contributed by atoms with Gasteiger partial charge >= 0.3 is 5.97 Å². The van der Waals surface area contributed by atoms with E-state index in [9.17, 15) is 18.0 Å². The van der Waals surface area contributed by atoms with Crippen molar-refractivity contribution in [3.8, 4) is 11.5 Å². The number of nitrogens with one attached hydrogen (secondary N) is 1. The smallest absolute Gasteiger partial charge is 0.308 e. The minimum Gasteiger partial charge on any atom is -0.497 e. The van der Waals surface area contributed by atoms with E-state index in [4.69, 9.17) is 9.47 Å². The van der Waals surface area contributed by atoms with Gasteiger partial charge in [0.2, 0.25) is 10.0 Å². The van der Waals surface area contributed by atoms with E-state index < -0.39 is 28.4 Å². The molecule has 0 unspecified atom stereocenters. The average molecular weight is 419 g/mol. The molecule has 0 bridgehead atoms. The van der Waals surface area contributed by atoms with Gasteiger partial charge in [-0.3, -0.25) is 13.9 Å². The molecule has 2 rings (SSSR count). The van der Waals surface area contributed by atoms with Crippen LogP contribution in [-0.4, -0.2) is 46.4 Å². The number of amides is 1. The topological polar surface area (TPSA) is 114 Å². The molecule has 0 aliphatic carbocycles. The Morgan fingerprint density at radius 2 is 1.66 bits per heavy atom. The Labute approximate surface area is 169 Å². The third-order valence-electron chi connectivity index (χ3n) is 3.59. The Morgan fingerprint density at radius 3 is 2.17 bits per heavy atom. The molecule has 154 valence electrons. The second-order valence-electron chi connectivity index (χ2n) is 5.92. The summed E-state index contributed by atoms with van der Waals surface area (Å²) in [6.45, 7) is 0.866. The highest BCUT2D eigenvalue weighted by Gasteiger charge is 2.20. The van der Waals surface area contributed by atoms with Crippen LogP contribution in [0.15, 0.2) is 53.6 Å². The highest BCUT2D eigenvalue weighted by atomic mass is 32.2. The number of esters is 1. The molecule has 0 saturated heterocycles. The maximum Gasteiger partial charge on any atom is 0.308 e. The van der Waals surface area contributed by atoms with Crippen LogP contribution in [0.4, 0.5) is 5.69 Å². The van der Waals surface area contributed by atoms with Crippen LogP contribution < -0.4 is 19.2 Å². The van der Waals surface area contributed by atoms with Crippen LogP contribution in [0.5, 0.6) is 11.5 Å². The van der Waals surface area contributed by atoms with Crippen LogP contribution in [0.2, 0.25) is 0 Å². The van der Waals surface area contributed by atoms with E-state index in [2.05, 4.69) is 10.5 Å². The highest BCUT2D eigenvalue weighted by molar-refractivity contribution is 7.92. The lowest BCUT2D eigenvalue weighted by Crippen LogP contribution is -2.39. The van der Waals surface area contributed by atoms with Gasteiger partial charge < -0.3 is 9.47 Å². The Hall–Kier alpha value is -3.40. The zero-order valence-corrected chi connectivity index (χ0v) is 17.0. The number of carbonyl (C=O) groups is 2. The fourth-order valence-electron chi connectivity index (χ4n) is 2.28. The van der Waals surface area contributed by atoms with Crippen molar-refractivity contribution >= 4 is 33.8 Å². The maximum atomic E-state index is 12.1. The van der Waals surface area contributed by atoms with Crippen molar-refractivity contribution in [2.75, 3.05) is 24.2 Å². The van der Waals surface area contributed by atoms with Crippen molar-refractivity contribution in [2.24, 2.45) is 5.10 Å². The van der Waals surface area contributed by atoms with Crippen LogP contribution in [-0.2, 0) is 19.6 Å². The summed E-state index contributed by atoms with van der Waals surface area (Å²) in [5.74, 6) is -0.0806. The lowest BCUT2D eigenvalue weighted by atomic mass is 10.2. The van der Waals surface area contributed by atoms with Crippen molar-refractivity contribution in [3.05, 3.63) is 54.1 Å². The minimum atomic E-state index is -3.69. The SMILES string of the molecule is COc1ccc(N(CC(=O)N/N=C\c2ccc(OC(C)=O)cc2)S(C)(=O)=O)cc1. The van der Waals surface area contributed by atoms with Gasteiger partial charge in [-0.25, -0.2) is 13.8 Å². The summed E-state index contributed by atoms with van der Waals surface area (Å²) in [5.41, 5.74) is 3.26. The third kappa shape index (κ3) is 6.92. The summed E-state index contributed by atoms with van der Waals surface area (Å²) < 4.78 is 35.1. The van der Waals surface area contributed by atoms with E-state index in [1.165, 1.54) is 20.2 Å². The van der Waals surface area contributed by atoms with Gasteiger partial charge in [0.15, 0.2) is 0 Å². The van der Waals surface area contributed by atoms with Crippen LogP contribution in [0.3, 0.4) is 0 Å². The quantitative estimate of drug-likeness (QED) is 0.300. The molecule has 0 aliphatic rings. The first-order valence-electron chi connectivity index (χ1n) is 8.41. The maximum absolute atomic E-state index is 12.1. The van der Waals surface area contributed by atoms with Gasteiger partial charge in [0.05, 0.1) is 25.3 Å². The van der Waals surface area contributed by atoms with Crippen molar-refractivity contribution in [1.29, 1.82) is 0 Å². The number of hydrogen-bond acceptors (Lipinski definition) is 7. The molecule has 10 heteroatoms. The van der Waals surface area contributed by atoms with Gasteiger partial charge in [0, 0.05) is 6.92 Å². The number of benzene rings is 2. The Morgan fingerprint density at radius 1 is 1.07 bits per heavy atom. The van der Waals surface area contributed by atoms with E-state index in [0.717, 1.165) is 10.6 Å². The van der Waals surface area contributed by atoms with E-state index >= 15 is 0 Å². The van der Waals surface area contributed by atoms with Crippen LogP contribution >= 0.6 is 0 Å². The fraction of sp³-hybridized carbons (Fsp3) is 0.211. The van der Waals surface area contributed by atoms with E-state index in [1.54, 1.807) is 48.5 Å². The van der Waals surface area contributed by atoms with Gasteiger partial charge in [0.25, 0.3) is 5.91 Å². The molecular weight excluding hydrogens is 398 g/mol. The largest absolute Gasteiger partial charge is 0.497 e. The summed E-state index contributed by atoms with van der Waals surface area (Å²) in [5, 5.41) is 3.81. The number of ether oxygens (including phenoxy) is 2. The van der Waals surface area contributed by atoms with Crippen LogP contribution in [0, 0.1) is 0 Å². The molecule has 9 nitrogen and oxygen atoms in total. The van der Waals surface area contributed by atoms with Crippen molar-refractivity contribution in [1.82, 2.24) is 5.43 Å². The number of hydrogen-bond donors (Lipinski definition) is 1. The molecule has 0 aliphatic heterocycles. The predicted molar refractivity (Wildman–Crippen MR) is 109 cm³/mol. The normalized spacial score (nSPS) is 11.1. The van der Waals surface area contributed by atoms with Crippen LogP contribution in [0.25, 0.3) is 0 Å². The number of hydrazone groups is 1. The summed E-state index contributed by atoms with van der Waals surface area (Å²) in [7, 11) is -2.19. The zero-order valence-electron chi connectivity index (χ0n) is 16.2. The van der Waals surface area contributed by atoms with Crippen LogP contribution in [0.1, 0.15) is 12.5 Å². The molecule has 0 fully saturated rings. The number of anilines is 1. The molecule has 29 heavy (non-hydrogen) atoms. The first kappa shape index (κ1) is 21.9. The fourth-order valence-corrected chi connectivity index (χ4v) is 3.14. The molecule has 2 aromatic rings. The lowest BCUT2D eigenvalue weighted by molar-refractivity contribution is -0.131. The highest BCUT2D eigenvalue weighted by Crippen LogP contribution is 2.21. The van der Waals surface area contributed by atoms with Gasteiger partial charge in [-0.05, 0) is 54.1 Å². The van der Waals surface area contributed by atoms with E-state index in [-0.39, 0.29) is 0 Å². The van der Waals surface area contributed by atoms with Gasteiger partial charge in [-0.1, -0.05) is 0 Å². The van der Waals surface area contributed by atoms with Gasteiger partial charge in [-0.15, -0.1) is 0 Å². The molecule has 1 N–H and O–H groups in total. The molecule has 1 amide bonds. The summed E-state index contributed by atoms with van der Waals surface area (Å²) in [6, 6.07) is 12.7. The first-order valence-corrected chi connectivity index (χ1v) is 10.3. The van der Waals surface area contributed by atoms with Gasteiger partial charge in [-0.2, -0.15) is 5.10 Å². The molecule has 0 heterocycles. The predicted octanol–water partition coefficient (Wildman–Crippen LogP) is 1.54.